The van der Waals surface area contributed by atoms with E-state index in [1.54, 1.807) is 10.5 Å². The molecule has 0 bridgehead atoms. The van der Waals surface area contributed by atoms with E-state index < -0.39 is 21.4 Å². The predicted octanol–water partition coefficient (Wildman–Crippen LogP) is 2.94. The van der Waals surface area contributed by atoms with Gasteiger partial charge in [0.15, 0.2) is 0 Å². The Bertz CT molecular complexity index is 1010. The summed E-state index contributed by atoms with van der Waals surface area (Å²) in [6.07, 6.45) is 4.90. The van der Waals surface area contributed by atoms with Crippen LogP contribution in [-0.4, -0.2) is 71.7 Å². The van der Waals surface area contributed by atoms with E-state index in [0.29, 0.717) is 25.6 Å². The number of hydrogen-bond acceptors (Lipinski definition) is 5. The SMILES string of the molecule is CC(C)(C)COC(=O)N1CC(S(=O)(=O)N2CCC(c3c[nH]c4ncccc34)CC2)C1. The first-order valence-electron chi connectivity index (χ1n) is 10.5. The van der Waals surface area contributed by atoms with Crippen molar-refractivity contribution in [2.24, 2.45) is 5.41 Å². The van der Waals surface area contributed by atoms with Crippen LogP contribution >= 0.6 is 0 Å². The second kappa shape index (κ2) is 7.85. The van der Waals surface area contributed by atoms with Crippen molar-refractivity contribution >= 4 is 27.1 Å². The number of likely N-dealkylation sites (tertiary alicyclic amines) is 1. The molecule has 2 aliphatic heterocycles. The number of carbonyl (C=O) groups is 1. The number of H-pyrrole nitrogens is 1. The monoisotopic (exact) mass is 434 g/mol. The molecule has 0 spiro atoms. The average Bonchev–Trinajstić information content (AvgIpc) is 3.09. The van der Waals surface area contributed by atoms with Gasteiger partial charge < -0.3 is 14.6 Å². The molecule has 0 aromatic carbocycles. The third-order valence-electron chi connectivity index (χ3n) is 5.89. The summed E-state index contributed by atoms with van der Waals surface area (Å²) in [5.74, 6) is 0.319. The van der Waals surface area contributed by atoms with Crippen LogP contribution in [0.5, 0.6) is 0 Å². The maximum absolute atomic E-state index is 13.0. The van der Waals surface area contributed by atoms with Gasteiger partial charge in [0.05, 0.1) is 6.61 Å². The van der Waals surface area contributed by atoms with E-state index in [1.165, 1.54) is 10.5 Å². The lowest BCUT2D eigenvalue weighted by atomic mass is 9.90. The molecule has 2 aromatic rings. The molecule has 0 unspecified atom stereocenters. The smallest absolute Gasteiger partial charge is 0.409 e. The summed E-state index contributed by atoms with van der Waals surface area (Å²) in [6.45, 7) is 7.70. The van der Waals surface area contributed by atoms with E-state index in [9.17, 15) is 13.2 Å². The molecule has 2 saturated heterocycles. The van der Waals surface area contributed by atoms with Crippen LogP contribution < -0.4 is 0 Å². The van der Waals surface area contributed by atoms with Crippen LogP contribution in [0.4, 0.5) is 4.79 Å². The molecule has 30 heavy (non-hydrogen) atoms. The first-order valence-corrected chi connectivity index (χ1v) is 12.0. The fourth-order valence-corrected chi connectivity index (χ4v) is 5.97. The molecule has 2 fully saturated rings. The zero-order chi connectivity index (χ0) is 21.5. The summed E-state index contributed by atoms with van der Waals surface area (Å²) in [7, 11) is -3.41. The van der Waals surface area contributed by atoms with Crippen molar-refractivity contribution in [2.45, 2.75) is 44.8 Å². The summed E-state index contributed by atoms with van der Waals surface area (Å²) < 4.78 is 32.9. The van der Waals surface area contributed by atoms with Crippen LogP contribution in [0.15, 0.2) is 24.5 Å². The predicted molar refractivity (Wildman–Crippen MR) is 115 cm³/mol. The minimum atomic E-state index is -3.41. The van der Waals surface area contributed by atoms with Gasteiger partial charge in [0.2, 0.25) is 10.0 Å². The number of aromatic amines is 1. The Morgan fingerprint density at radius 2 is 1.97 bits per heavy atom. The Balaban J connectivity index is 1.31. The highest BCUT2D eigenvalue weighted by molar-refractivity contribution is 7.89. The topological polar surface area (TPSA) is 95.6 Å². The van der Waals surface area contributed by atoms with Crippen LogP contribution in [-0.2, 0) is 14.8 Å². The van der Waals surface area contributed by atoms with Gasteiger partial charge in [0, 0.05) is 44.0 Å². The number of piperidine rings is 1. The highest BCUT2D eigenvalue weighted by Gasteiger charge is 2.44. The highest BCUT2D eigenvalue weighted by Crippen LogP contribution is 2.34. The molecular weight excluding hydrogens is 404 g/mol. The average molecular weight is 435 g/mol. The van der Waals surface area contributed by atoms with Crippen molar-refractivity contribution in [1.29, 1.82) is 0 Å². The van der Waals surface area contributed by atoms with E-state index in [4.69, 9.17) is 4.74 Å². The minimum absolute atomic E-state index is 0.114. The lowest BCUT2D eigenvalue weighted by Crippen LogP contribution is -2.60. The normalized spacial score (nSPS) is 19.8. The molecule has 0 atom stereocenters. The molecular formula is C21H30N4O4S. The first-order chi connectivity index (χ1) is 14.1. The number of nitrogens with one attached hydrogen (secondary N) is 1. The molecule has 9 heteroatoms. The zero-order valence-electron chi connectivity index (χ0n) is 17.8. The number of rotatable bonds is 4. The standard InChI is InChI=1S/C21H30N4O4S/c1-21(2,3)14-29-20(26)24-12-16(13-24)30(27,28)25-9-6-15(7-10-25)18-11-23-19-17(18)5-4-8-22-19/h4-5,8,11,15-16H,6-7,9-10,12-14H2,1-3H3,(H,22,23). The van der Waals surface area contributed by atoms with Crippen LogP contribution in [0.3, 0.4) is 0 Å². The van der Waals surface area contributed by atoms with Crippen molar-refractivity contribution < 1.29 is 17.9 Å². The van der Waals surface area contributed by atoms with E-state index in [-0.39, 0.29) is 18.5 Å². The van der Waals surface area contributed by atoms with Gasteiger partial charge in [-0.05, 0) is 41.9 Å². The molecule has 8 nitrogen and oxygen atoms in total. The number of pyridine rings is 1. The summed E-state index contributed by atoms with van der Waals surface area (Å²) in [5, 5.41) is 0.579. The molecule has 1 N–H and O–H groups in total. The molecule has 0 aliphatic carbocycles. The number of nitrogens with zero attached hydrogens (tertiary/aromatic N) is 3. The maximum Gasteiger partial charge on any atom is 0.409 e. The zero-order valence-corrected chi connectivity index (χ0v) is 18.6. The van der Waals surface area contributed by atoms with Crippen molar-refractivity contribution in [3.05, 3.63) is 30.1 Å². The maximum atomic E-state index is 13.0. The fraction of sp³-hybridized carbons (Fsp3) is 0.619. The number of amides is 1. The Morgan fingerprint density at radius 3 is 2.63 bits per heavy atom. The van der Waals surface area contributed by atoms with Crippen LogP contribution in [0.1, 0.15) is 45.1 Å². The largest absolute Gasteiger partial charge is 0.449 e. The van der Waals surface area contributed by atoms with Gasteiger partial charge in [-0.2, -0.15) is 0 Å². The van der Waals surface area contributed by atoms with E-state index in [2.05, 4.69) is 16.0 Å². The molecule has 1 amide bonds. The second-order valence-corrected chi connectivity index (χ2v) is 11.7. The number of fused-ring (bicyclic) bond motifs is 1. The molecule has 0 saturated carbocycles. The van der Waals surface area contributed by atoms with Gasteiger partial charge in [-0.25, -0.2) is 22.5 Å². The summed E-state index contributed by atoms with van der Waals surface area (Å²) in [4.78, 5) is 21.1. The quantitative estimate of drug-likeness (QED) is 0.798. The Kier molecular flexibility index (Phi) is 5.52. The Labute approximate surface area is 177 Å². The number of ether oxygens (including phenoxy) is 1. The van der Waals surface area contributed by atoms with E-state index in [1.807, 2.05) is 33.0 Å². The van der Waals surface area contributed by atoms with Gasteiger partial charge >= 0.3 is 6.09 Å². The third-order valence-corrected chi connectivity index (χ3v) is 8.12. The van der Waals surface area contributed by atoms with Gasteiger partial charge in [0.25, 0.3) is 0 Å². The highest BCUT2D eigenvalue weighted by atomic mass is 32.2. The van der Waals surface area contributed by atoms with Crippen LogP contribution in [0, 0.1) is 5.41 Å². The molecule has 164 valence electrons. The summed E-state index contributed by atoms with van der Waals surface area (Å²) in [5.41, 5.74) is 1.97. The van der Waals surface area contributed by atoms with E-state index >= 15 is 0 Å². The lowest BCUT2D eigenvalue weighted by Gasteiger charge is -2.41. The number of aromatic nitrogens is 2. The van der Waals surface area contributed by atoms with Crippen molar-refractivity contribution in [3.63, 3.8) is 0 Å². The third kappa shape index (κ3) is 4.18. The molecule has 2 aliphatic rings. The van der Waals surface area contributed by atoms with Crippen LogP contribution in [0.2, 0.25) is 0 Å². The molecule has 2 aromatic heterocycles. The summed E-state index contributed by atoms with van der Waals surface area (Å²) >= 11 is 0. The number of sulfonamides is 1. The minimum Gasteiger partial charge on any atom is -0.449 e. The first kappa shape index (κ1) is 21.1. The molecule has 4 rings (SSSR count). The fourth-order valence-electron chi connectivity index (χ4n) is 4.09. The number of carbonyl (C=O) groups excluding carboxylic acids is 1. The Morgan fingerprint density at radius 1 is 1.27 bits per heavy atom. The van der Waals surface area contributed by atoms with Crippen molar-refractivity contribution in [3.8, 4) is 0 Å². The van der Waals surface area contributed by atoms with Crippen LogP contribution in [0.25, 0.3) is 11.0 Å². The Hall–Kier alpha value is -2.13. The van der Waals surface area contributed by atoms with Crippen molar-refractivity contribution in [1.82, 2.24) is 19.2 Å². The van der Waals surface area contributed by atoms with Crippen molar-refractivity contribution in [2.75, 3.05) is 32.8 Å². The molecule has 0 radical (unpaired) electrons. The second-order valence-electron chi connectivity index (χ2n) is 9.50. The summed E-state index contributed by atoms with van der Waals surface area (Å²) in [6, 6.07) is 3.98. The molecule has 4 heterocycles. The van der Waals surface area contributed by atoms with Gasteiger partial charge in [0.1, 0.15) is 10.9 Å². The van der Waals surface area contributed by atoms with Gasteiger partial charge in [-0.1, -0.05) is 20.8 Å². The van der Waals surface area contributed by atoms with Gasteiger partial charge in [-0.15, -0.1) is 0 Å². The number of hydrogen-bond donors (Lipinski definition) is 1. The van der Waals surface area contributed by atoms with Gasteiger partial charge in [-0.3, -0.25) is 0 Å². The lowest BCUT2D eigenvalue weighted by molar-refractivity contribution is 0.0564. The van der Waals surface area contributed by atoms with E-state index in [0.717, 1.165) is 23.9 Å².